The predicted molar refractivity (Wildman–Crippen MR) is 318 cm³/mol. The van der Waals surface area contributed by atoms with Crippen molar-refractivity contribution in [3.63, 3.8) is 0 Å². The second-order valence-electron chi connectivity index (χ2n) is 26.5. The first-order valence-electron chi connectivity index (χ1n) is 25.4. The van der Waals surface area contributed by atoms with Crippen molar-refractivity contribution in [3.05, 3.63) is 0 Å². The van der Waals surface area contributed by atoms with Crippen molar-refractivity contribution in [1.82, 2.24) is 0 Å². The second-order valence-corrected chi connectivity index (χ2v) is 89.2. The fourth-order valence-corrected chi connectivity index (χ4v) is 113. The molecule has 33 heteroatoms. The van der Waals surface area contributed by atoms with Crippen LogP contribution in [-0.2, 0) is 65.8 Å². The number of hydrogen-bond donors (Lipinski definition) is 0. The topological polar surface area (TPSA) is 148 Å². The SMILES string of the molecule is C[Si]1(C)O[Si](C)(C)O[Si](C)(CC[Si](CC[Si]2(C)O[Si](C)(C)O[Si](C)(C)O[Si](C)(C)O2)(CC[Si]2(C)O[Si](C)(C)O[Si](C)(C)O[Si](C)(C)O2)CC[Si]2(C)O[Si](C)(C)O[Si](C)(C)O[Si](C)(C)O2)O[Si](C)(C)O1. The fraction of sp³-hybridized carbons (Fsp3) is 1.00. The summed E-state index contributed by atoms with van der Waals surface area (Å²) in [6.07, 6.45) is 0. The summed E-state index contributed by atoms with van der Waals surface area (Å²) in [5.41, 5.74) is 0. The summed E-state index contributed by atoms with van der Waals surface area (Å²) in [6.45, 7) is 60.6. The lowest BCUT2D eigenvalue weighted by Crippen LogP contribution is -2.66. The van der Waals surface area contributed by atoms with Gasteiger partial charge in [0.15, 0.2) is 0 Å². The highest BCUT2D eigenvalue weighted by molar-refractivity contribution is 6.98. The summed E-state index contributed by atoms with van der Waals surface area (Å²) in [5, 5.41) is 0. The third-order valence-corrected chi connectivity index (χ3v) is 84.9. The quantitative estimate of drug-likeness (QED) is 0.171. The zero-order chi connectivity index (χ0) is 53.5. The minimum absolute atomic E-state index is 0.798. The van der Waals surface area contributed by atoms with Gasteiger partial charge >= 0.3 is 137 Å². The summed E-state index contributed by atoms with van der Waals surface area (Å²) >= 11 is 0. The van der Waals surface area contributed by atoms with Crippen LogP contribution < -0.4 is 0 Å². The molecule has 4 rings (SSSR count). The van der Waals surface area contributed by atoms with Gasteiger partial charge in [0, 0.05) is 0 Å². The van der Waals surface area contributed by atoms with E-state index in [1.165, 1.54) is 0 Å². The van der Waals surface area contributed by atoms with Crippen LogP contribution in [0.25, 0.3) is 0 Å². The zero-order valence-electron chi connectivity index (χ0n) is 48.7. The molecular weight excluding hydrogens is 1170 g/mol. The van der Waals surface area contributed by atoms with Gasteiger partial charge in [-0.1, -0.05) is 24.2 Å². The third kappa shape index (κ3) is 21.0. The van der Waals surface area contributed by atoms with Crippen molar-refractivity contribution >= 4 is 145 Å². The Hall–Kier alpha value is 3.05. The molecule has 4 saturated heterocycles. The monoisotopic (exact) mass is 1260 g/mol. The van der Waals surface area contributed by atoms with Gasteiger partial charge in [0.05, 0.1) is 8.07 Å². The summed E-state index contributed by atoms with van der Waals surface area (Å²) in [6, 6.07) is 6.98. The van der Waals surface area contributed by atoms with E-state index in [9.17, 15) is 0 Å². The fourth-order valence-electron chi connectivity index (χ4n) is 12.4. The average molecular weight is 1270 g/mol. The van der Waals surface area contributed by atoms with Crippen LogP contribution in [0, 0.1) is 0 Å². The van der Waals surface area contributed by atoms with Crippen LogP contribution in [0.5, 0.6) is 0 Å². The highest BCUT2D eigenvalue weighted by atomic mass is 28.6. The molecule has 0 aromatic rings. The number of hydrogen-bond acceptors (Lipinski definition) is 16. The molecule has 16 nitrogen and oxygen atoms in total. The Labute approximate surface area is 439 Å². The first-order valence-corrected chi connectivity index (χ1v) is 72.1. The highest BCUT2D eigenvalue weighted by Gasteiger charge is 2.59. The molecule has 0 bridgehead atoms. The van der Waals surface area contributed by atoms with Crippen LogP contribution in [0.4, 0.5) is 0 Å². The van der Waals surface area contributed by atoms with E-state index in [4.69, 9.17) is 65.8 Å². The van der Waals surface area contributed by atoms with Crippen molar-refractivity contribution < 1.29 is 65.8 Å². The first-order chi connectivity index (χ1) is 30.1. The van der Waals surface area contributed by atoms with Gasteiger partial charge < -0.3 is 65.8 Å². The van der Waals surface area contributed by atoms with Crippen molar-refractivity contribution in [2.45, 2.75) is 232 Å². The number of rotatable bonds is 12. The maximum Gasteiger partial charge on any atom is 0.317 e. The molecular formula is C36H100O16Si17. The average Bonchev–Trinajstić information content (AvgIpc) is 2.94. The van der Waals surface area contributed by atoms with Gasteiger partial charge in [0.1, 0.15) is 0 Å². The first kappa shape index (κ1) is 64.6. The van der Waals surface area contributed by atoms with Gasteiger partial charge in [-0.3, -0.25) is 0 Å². The van der Waals surface area contributed by atoms with Gasteiger partial charge in [0.2, 0.25) is 0 Å². The summed E-state index contributed by atoms with van der Waals surface area (Å²) < 4.78 is 114. The van der Waals surface area contributed by atoms with Gasteiger partial charge in [-0.05, 0) is 207 Å². The Morgan fingerprint density at radius 1 is 0.174 bits per heavy atom. The smallest absolute Gasteiger partial charge is 0.317 e. The van der Waals surface area contributed by atoms with E-state index in [0.29, 0.717) is 0 Å². The molecule has 0 saturated carbocycles. The molecule has 0 aliphatic carbocycles. The maximum atomic E-state index is 7.36. The second kappa shape index (κ2) is 20.9. The molecule has 0 N–H and O–H groups in total. The standard InChI is InChI=1S/C36H100O16Si17/c1-53(2)37-57(9,10)45-65(25,46-58(11,12)38-53)29-33-69(34-30-66(26)47-59(13,14)39-54(3,4)40-60(15,16)48-66,35-31-67(27)49-61(17,18)41-55(5,6)42-62(19,20)50-67)36-32-68(28)51-63(21,22)43-56(7,8)44-64(23,24)52-68/h29-36H2,1-28H3. The molecule has 4 aliphatic heterocycles. The molecule has 408 valence electrons. The third-order valence-electron chi connectivity index (χ3n) is 12.1. The molecule has 0 spiro atoms. The van der Waals surface area contributed by atoms with Crippen molar-refractivity contribution in [2.24, 2.45) is 0 Å². The van der Waals surface area contributed by atoms with Crippen LogP contribution in [-0.4, -0.2) is 145 Å². The van der Waals surface area contributed by atoms with E-state index in [1.54, 1.807) is 0 Å². The van der Waals surface area contributed by atoms with Crippen LogP contribution in [0.15, 0.2) is 0 Å². The Morgan fingerprint density at radius 3 is 0.391 bits per heavy atom. The van der Waals surface area contributed by atoms with Gasteiger partial charge in [-0.15, -0.1) is 0 Å². The summed E-state index contributed by atoms with van der Waals surface area (Å²) in [7, 11) is -45.8. The summed E-state index contributed by atoms with van der Waals surface area (Å²) in [5.74, 6) is 0. The molecule has 69 heavy (non-hydrogen) atoms. The maximum absolute atomic E-state index is 7.36. The molecule has 4 heterocycles. The van der Waals surface area contributed by atoms with Crippen LogP contribution >= 0.6 is 0 Å². The molecule has 0 aromatic carbocycles. The molecule has 0 unspecified atom stereocenters. The van der Waals surface area contributed by atoms with Crippen LogP contribution in [0.1, 0.15) is 0 Å². The van der Waals surface area contributed by atoms with E-state index >= 15 is 0 Å². The van der Waals surface area contributed by atoms with Crippen molar-refractivity contribution in [1.29, 1.82) is 0 Å². The predicted octanol–water partition coefficient (Wildman–Crippen LogP) is 12.5. The van der Waals surface area contributed by atoms with Gasteiger partial charge in [-0.25, -0.2) is 0 Å². The van der Waals surface area contributed by atoms with E-state index in [2.05, 4.69) is 183 Å². The largest absolute Gasteiger partial charge is 0.416 e. The van der Waals surface area contributed by atoms with Crippen LogP contribution in [0.3, 0.4) is 0 Å². The minimum atomic E-state index is -2.94. The Balaban J connectivity index is 1.92. The molecule has 0 radical (unpaired) electrons. The van der Waals surface area contributed by atoms with Crippen LogP contribution in [0.2, 0.25) is 232 Å². The lowest BCUT2D eigenvalue weighted by molar-refractivity contribution is 0.233. The van der Waals surface area contributed by atoms with E-state index in [0.717, 1.165) is 48.4 Å². The molecule has 4 fully saturated rings. The van der Waals surface area contributed by atoms with E-state index in [-0.39, 0.29) is 0 Å². The minimum Gasteiger partial charge on any atom is -0.416 e. The highest BCUT2D eigenvalue weighted by Crippen LogP contribution is 2.46. The van der Waals surface area contributed by atoms with Gasteiger partial charge in [0.25, 0.3) is 0 Å². The lowest BCUT2D eigenvalue weighted by Gasteiger charge is -2.50. The Kier molecular flexibility index (Phi) is 19.6. The molecule has 0 atom stereocenters. The molecule has 4 aliphatic rings. The van der Waals surface area contributed by atoms with E-state index in [1.807, 2.05) is 0 Å². The lowest BCUT2D eigenvalue weighted by atomic mass is 10.9. The van der Waals surface area contributed by atoms with Crippen molar-refractivity contribution in [3.8, 4) is 0 Å². The summed E-state index contributed by atoms with van der Waals surface area (Å²) in [4.78, 5) is 0. The Morgan fingerprint density at radius 2 is 0.275 bits per heavy atom. The van der Waals surface area contributed by atoms with E-state index < -0.39 is 145 Å². The normalized spacial score (nSPS) is 31.1. The molecule has 0 amide bonds. The zero-order valence-corrected chi connectivity index (χ0v) is 65.7. The molecule has 0 aromatic heterocycles. The van der Waals surface area contributed by atoms with Crippen molar-refractivity contribution in [2.75, 3.05) is 0 Å². The Bertz CT molecular complexity index is 1460. The van der Waals surface area contributed by atoms with Gasteiger partial charge in [-0.2, -0.15) is 0 Å².